The molecule has 0 bridgehead atoms. The van der Waals surface area contributed by atoms with Crippen LogP contribution < -0.4 is 14.4 Å². The minimum Gasteiger partial charge on any atom is -0.496 e. The number of nitrogens with zero attached hydrogens (tertiary/aromatic N) is 3. The van der Waals surface area contributed by atoms with E-state index in [1.165, 1.54) is 42.7 Å². The van der Waals surface area contributed by atoms with Crippen molar-refractivity contribution in [1.29, 1.82) is 0 Å². The second kappa shape index (κ2) is 9.13. The summed E-state index contributed by atoms with van der Waals surface area (Å²) >= 11 is 0. The van der Waals surface area contributed by atoms with Crippen molar-refractivity contribution in [3.05, 3.63) is 84.4 Å². The summed E-state index contributed by atoms with van der Waals surface area (Å²) in [5.41, 5.74) is 1.35. The fourth-order valence-corrected chi connectivity index (χ4v) is 4.28. The van der Waals surface area contributed by atoms with Crippen LogP contribution in [0.1, 0.15) is 10.4 Å². The van der Waals surface area contributed by atoms with Gasteiger partial charge in [-0.3, -0.25) is 14.4 Å². The van der Waals surface area contributed by atoms with Crippen molar-refractivity contribution < 1.29 is 22.4 Å². The standard InChI is InChI=1S/C23H20N4O5S/c1-27(17-8-4-3-5-9-17)33(29,30)18-14-12-16(13-15-18)21(28)24-23-26-25-22(32-23)19-10-6-7-11-20(19)31-2/h3-15H,1-2H3,(H,24,26,28). The fraction of sp³-hybridized carbons (Fsp3) is 0.0870. The molecule has 33 heavy (non-hydrogen) atoms. The first-order valence-electron chi connectivity index (χ1n) is 9.82. The van der Waals surface area contributed by atoms with Crippen LogP contribution in [0.25, 0.3) is 11.5 Å². The van der Waals surface area contributed by atoms with Gasteiger partial charge in [-0.15, -0.1) is 5.10 Å². The van der Waals surface area contributed by atoms with Gasteiger partial charge < -0.3 is 9.15 Å². The lowest BCUT2D eigenvalue weighted by Crippen LogP contribution is -2.26. The Morgan fingerprint density at radius 1 is 0.939 bits per heavy atom. The summed E-state index contributed by atoms with van der Waals surface area (Å²) in [4.78, 5) is 12.6. The van der Waals surface area contributed by atoms with Gasteiger partial charge in [0.25, 0.3) is 21.8 Å². The lowest BCUT2D eigenvalue weighted by atomic mass is 10.2. The zero-order valence-electron chi connectivity index (χ0n) is 17.8. The summed E-state index contributed by atoms with van der Waals surface area (Å²) < 4.78 is 37.7. The Kier molecular flexibility index (Phi) is 6.09. The quantitative estimate of drug-likeness (QED) is 0.442. The largest absolute Gasteiger partial charge is 0.496 e. The van der Waals surface area contributed by atoms with Crippen LogP contribution in [0.2, 0.25) is 0 Å². The van der Waals surface area contributed by atoms with E-state index in [4.69, 9.17) is 9.15 Å². The second-order valence-corrected chi connectivity index (χ2v) is 8.87. The predicted molar refractivity (Wildman–Crippen MR) is 123 cm³/mol. The van der Waals surface area contributed by atoms with E-state index < -0.39 is 15.9 Å². The Labute approximate surface area is 190 Å². The molecule has 0 fully saturated rings. The third-order valence-corrected chi connectivity index (χ3v) is 6.68. The van der Waals surface area contributed by atoms with Crippen LogP contribution in [0.15, 0.2) is 88.2 Å². The molecule has 0 saturated carbocycles. The number of carbonyl (C=O) groups is 1. The van der Waals surface area contributed by atoms with E-state index in [2.05, 4.69) is 15.5 Å². The van der Waals surface area contributed by atoms with Crippen molar-refractivity contribution in [2.45, 2.75) is 4.90 Å². The number of hydrogen-bond acceptors (Lipinski definition) is 7. The van der Waals surface area contributed by atoms with Crippen molar-refractivity contribution >= 4 is 27.6 Å². The van der Waals surface area contributed by atoms with Gasteiger partial charge in [0, 0.05) is 12.6 Å². The molecule has 168 valence electrons. The zero-order chi connectivity index (χ0) is 23.4. The number of methoxy groups -OCH3 is 1. The Bertz CT molecular complexity index is 1370. The molecule has 9 nitrogen and oxygen atoms in total. The number of ether oxygens (including phenoxy) is 1. The molecule has 0 aliphatic carbocycles. The SMILES string of the molecule is COc1ccccc1-c1nnc(NC(=O)c2ccc(S(=O)(=O)N(C)c3ccccc3)cc2)o1. The fourth-order valence-electron chi connectivity index (χ4n) is 3.09. The topological polar surface area (TPSA) is 115 Å². The summed E-state index contributed by atoms with van der Waals surface area (Å²) in [5, 5.41) is 10.3. The minimum atomic E-state index is -3.78. The van der Waals surface area contributed by atoms with Crippen LogP contribution in [0, 0.1) is 0 Å². The first kappa shape index (κ1) is 22.0. The van der Waals surface area contributed by atoms with Crippen molar-refractivity contribution in [2.75, 3.05) is 23.8 Å². The third kappa shape index (κ3) is 4.55. The minimum absolute atomic E-state index is 0.0571. The third-order valence-electron chi connectivity index (χ3n) is 4.88. The summed E-state index contributed by atoms with van der Waals surface area (Å²) in [5.74, 6) is 0.218. The Balaban J connectivity index is 1.49. The molecule has 1 N–H and O–H groups in total. The average Bonchev–Trinajstić information content (AvgIpc) is 3.32. The maximum Gasteiger partial charge on any atom is 0.322 e. The van der Waals surface area contributed by atoms with Gasteiger partial charge in [-0.1, -0.05) is 35.4 Å². The monoisotopic (exact) mass is 464 g/mol. The molecule has 0 unspecified atom stereocenters. The highest BCUT2D eigenvalue weighted by Crippen LogP contribution is 2.29. The Morgan fingerprint density at radius 3 is 2.30 bits per heavy atom. The maximum absolute atomic E-state index is 12.9. The Morgan fingerprint density at radius 2 is 1.61 bits per heavy atom. The number of carbonyl (C=O) groups excluding carboxylic acids is 1. The second-order valence-electron chi connectivity index (χ2n) is 6.90. The van der Waals surface area contributed by atoms with E-state index in [0.29, 0.717) is 17.0 Å². The summed E-state index contributed by atoms with van der Waals surface area (Å²) in [6, 6.07) is 21.3. The number of anilines is 2. The molecule has 1 heterocycles. The van der Waals surface area contributed by atoms with Crippen LogP contribution in [0.5, 0.6) is 5.75 Å². The normalized spacial score (nSPS) is 11.1. The number of rotatable bonds is 7. The first-order chi connectivity index (χ1) is 15.9. The van der Waals surface area contributed by atoms with Crippen LogP contribution in [-0.4, -0.2) is 38.7 Å². The smallest absolute Gasteiger partial charge is 0.322 e. The van der Waals surface area contributed by atoms with Crippen LogP contribution >= 0.6 is 0 Å². The molecule has 0 radical (unpaired) electrons. The lowest BCUT2D eigenvalue weighted by molar-refractivity contribution is 0.102. The highest BCUT2D eigenvalue weighted by molar-refractivity contribution is 7.92. The average molecular weight is 465 g/mol. The molecule has 4 aromatic rings. The highest BCUT2D eigenvalue weighted by atomic mass is 32.2. The van der Waals surface area contributed by atoms with Crippen molar-refractivity contribution in [3.63, 3.8) is 0 Å². The van der Waals surface area contributed by atoms with Gasteiger partial charge in [0.2, 0.25) is 0 Å². The summed E-state index contributed by atoms with van der Waals surface area (Å²) in [6.07, 6.45) is 0. The van der Waals surface area contributed by atoms with E-state index in [1.807, 2.05) is 6.07 Å². The summed E-state index contributed by atoms with van der Waals surface area (Å²) in [7, 11) is -0.779. The number of nitrogens with one attached hydrogen (secondary N) is 1. The first-order valence-corrected chi connectivity index (χ1v) is 11.3. The van der Waals surface area contributed by atoms with Gasteiger partial charge >= 0.3 is 6.01 Å². The molecule has 0 atom stereocenters. The van der Waals surface area contributed by atoms with Gasteiger partial charge in [-0.05, 0) is 48.5 Å². The molecular formula is C23H20N4O5S. The molecule has 1 aromatic heterocycles. The van der Waals surface area contributed by atoms with Gasteiger partial charge in [-0.25, -0.2) is 8.42 Å². The van der Waals surface area contributed by atoms with E-state index in [0.717, 1.165) is 0 Å². The van der Waals surface area contributed by atoms with E-state index in [1.54, 1.807) is 48.5 Å². The van der Waals surface area contributed by atoms with Crippen molar-refractivity contribution in [2.24, 2.45) is 0 Å². The van der Waals surface area contributed by atoms with Crippen LogP contribution in [0.4, 0.5) is 11.7 Å². The van der Waals surface area contributed by atoms with Crippen LogP contribution in [-0.2, 0) is 10.0 Å². The van der Waals surface area contributed by atoms with Crippen molar-refractivity contribution in [3.8, 4) is 17.2 Å². The maximum atomic E-state index is 12.9. The van der Waals surface area contributed by atoms with Gasteiger partial charge in [0.1, 0.15) is 5.75 Å². The number of para-hydroxylation sites is 2. The number of aromatic nitrogens is 2. The van der Waals surface area contributed by atoms with Gasteiger partial charge in [0.15, 0.2) is 0 Å². The molecule has 10 heteroatoms. The van der Waals surface area contributed by atoms with Gasteiger partial charge in [-0.2, -0.15) is 0 Å². The van der Waals surface area contributed by atoms with E-state index in [9.17, 15) is 13.2 Å². The molecule has 1 amide bonds. The summed E-state index contributed by atoms with van der Waals surface area (Å²) in [6.45, 7) is 0. The number of hydrogen-bond donors (Lipinski definition) is 1. The highest BCUT2D eigenvalue weighted by Gasteiger charge is 2.22. The Hall–Kier alpha value is -4.18. The molecule has 3 aromatic carbocycles. The molecular weight excluding hydrogens is 444 g/mol. The molecule has 0 spiro atoms. The molecule has 0 aliphatic rings. The number of amides is 1. The zero-order valence-corrected chi connectivity index (χ0v) is 18.6. The lowest BCUT2D eigenvalue weighted by Gasteiger charge is -2.19. The van der Waals surface area contributed by atoms with E-state index >= 15 is 0 Å². The number of benzene rings is 3. The van der Waals surface area contributed by atoms with Crippen molar-refractivity contribution in [1.82, 2.24) is 10.2 Å². The van der Waals surface area contributed by atoms with Crippen LogP contribution in [0.3, 0.4) is 0 Å². The van der Waals surface area contributed by atoms with Gasteiger partial charge in [0.05, 0.1) is 23.3 Å². The van der Waals surface area contributed by atoms with E-state index in [-0.39, 0.29) is 22.4 Å². The molecule has 0 aliphatic heterocycles. The predicted octanol–water partition coefficient (Wildman–Crippen LogP) is 3.82. The number of sulfonamides is 1. The molecule has 0 saturated heterocycles. The molecule has 4 rings (SSSR count).